The summed E-state index contributed by atoms with van der Waals surface area (Å²) < 4.78 is 2.03. The summed E-state index contributed by atoms with van der Waals surface area (Å²) in [6.45, 7) is 8.59. The van der Waals surface area contributed by atoms with Gasteiger partial charge in [-0.05, 0) is 51.4 Å². The van der Waals surface area contributed by atoms with Crippen LogP contribution < -0.4 is 10.6 Å². The van der Waals surface area contributed by atoms with Crippen LogP contribution in [0.5, 0.6) is 0 Å². The molecule has 0 amide bonds. The van der Waals surface area contributed by atoms with E-state index in [2.05, 4.69) is 57.6 Å². The van der Waals surface area contributed by atoms with Crippen molar-refractivity contribution in [3.05, 3.63) is 48.5 Å². The van der Waals surface area contributed by atoms with Crippen LogP contribution in [-0.2, 0) is 6.54 Å². The third-order valence-corrected chi connectivity index (χ3v) is 5.34. The van der Waals surface area contributed by atoms with Crippen LogP contribution in [0, 0.1) is 0 Å². The lowest BCUT2D eigenvalue weighted by atomic mass is 9.98. The van der Waals surface area contributed by atoms with Gasteiger partial charge < -0.3 is 15.2 Å². The second-order valence-corrected chi connectivity index (χ2v) is 7.74. The molecular formula is C21H33IN6. The van der Waals surface area contributed by atoms with Crippen LogP contribution in [0.25, 0.3) is 5.69 Å². The first kappa shape index (κ1) is 22.7. The number of hydrogen-bond acceptors (Lipinski definition) is 3. The number of nitrogens with zero attached hydrogens (tertiary/aromatic N) is 4. The minimum absolute atomic E-state index is 0. The van der Waals surface area contributed by atoms with Crippen LogP contribution in [0.2, 0.25) is 0 Å². The summed E-state index contributed by atoms with van der Waals surface area (Å²) in [7, 11) is 1.82. The maximum absolute atomic E-state index is 4.40. The van der Waals surface area contributed by atoms with E-state index in [4.69, 9.17) is 0 Å². The first-order valence-corrected chi connectivity index (χ1v) is 9.86. The molecule has 7 heteroatoms. The molecular weight excluding hydrogens is 463 g/mol. The lowest BCUT2D eigenvalue weighted by Gasteiger charge is -2.41. The van der Waals surface area contributed by atoms with E-state index in [0.29, 0.717) is 6.54 Å². The SMILES string of the molecule is CN=C(NCc1ccccc1-n1ccnc1)NCC(C)(C)N1CCCCC1.I. The van der Waals surface area contributed by atoms with Gasteiger partial charge in [0.05, 0.1) is 12.0 Å². The third-order valence-electron chi connectivity index (χ3n) is 5.34. The Labute approximate surface area is 185 Å². The predicted molar refractivity (Wildman–Crippen MR) is 127 cm³/mol. The molecule has 1 fully saturated rings. The van der Waals surface area contributed by atoms with Crippen molar-refractivity contribution in [1.29, 1.82) is 0 Å². The molecule has 154 valence electrons. The number of aromatic nitrogens is 2. The van der Waals surface area contributed by atoms with Gasteiger partial charge in [0.25, 0.3) is 0 Å². The fourth-order valence-electron chi connectivity index (χ4n) is 3.62. The molecule has 2 aromatic rings. The molecule has 1 aromatic carbocycles. The van der Waals surface area contributed by atoms with Crippen molar-refractivity contribution < 1.29 is 0 Å². The Balaban J connectivity index is 0.00000280. The summed E-state index contributed by atoms with van der Waals surface area (Å²) in [5.41, 5.74) is 2.45. The van der Waals surface area contributed by atoms with Crippen molar-refractivity contribution >= 4 is 29.9 Å². The summed E-state index contributed by atoms with van der Waals surface area (Å²) in [6.07, 6.45) is 9.57. The molecule has 28 heavy (non-hydrogen) atoms. The summed E-state index contributed by atoms with van der Waals surface area (Å²) in [6, 6.07) is 8.35. The number of nitrogens with one attached hydrogen (secondary N) is 2. The van der Waals surface area contributed by atoms with E-state index in [1.54, 1.807) is 6.20 Å². The predicted octanol–water partition coefficient (Wildman–Crippen LogP) is 3.42. The largest absolute Gasteiger partial charge is 0.355 e. The van der Waals surface area contributed by atoms with Gasteiger partial charge in [0.1, 0.15) is 0 Å². The van der Waals surface area contributed by atoms with E-state index in [9.17, 15) is 0 Å². The molecule has 0 atom stereocenters. The Morgan fingerprint density at radius 3 is 2.57 bits per heavy atom. The molecule has 2 N–H and O–H groups in total. The topological polar surface area (TPSA) is 57.5 Å². The molecule has 0 radical (unpaired) electrons. The molecule has 0 unspecified atom stereocenters. The zero-order chi connectivity index (χ0) is 19.1. The van der Waals surface area contributed by atoms with Gasteiger partial charge in [0.15, 0.2) is 5.96 Å². The van der Waals surface area contributed by atoms with Gasteiger partial charge in [-0.15, -0.1) is 24.0 Å². The van der Waals surface area contributed by atoms with Crippen molar-refractivity contribution in [2.24, 2.45) is 4.99 Å². The number of rotatable bonds is 6. The number of guanidine groups is 1. The number of aliphatic imine (C=N–C) groups is 1. The second-order valence-electron chi connectivity index (χ2n) is 7.74. The summed E-state index contributed by atoms with van der Waals surface area (Å²) in [5.74, 6) is 0.834. The van der Waals surface area contributed by atoms with Gasteiger partial charge in [-0.1, -0.05) is 24.6 Å². The summed E-state index contributed by atoms with van der Waals surface area (Å²) in [5, 5.41) is 6.96. The number of halogens is 1. The lowest BCUT2D eigenvalue weighted by Crippen LogP contribution is -2.54. The lowest BCUT2D eigenvalue weighted by molar-refractivity contribution is 0.0982. The number of benzene rings is 1. The second kappa shape index (κ2) is 10.8. The smallest absolute Gasteiger partial charge is 0.191 e. The molecule has 0 bridgehead atoms. The maximum atomic E-state index is 4.40. The summed E-state index contributed by atoms with van der Waals surface area (Å²) >= 11 is 0. The highest BCUT2D eigenvalue weighted by Crippen LogP contribution is 2.19. The quantitative estimate of drug-likeness (QED) is 0.366. The normalized spacial score (nSPS) is 15.8. The van der Waals surface area contributed by atoms with Crippen molar-refractivity contribution in [2.75, 3.05) is 26.7 Å². The van der Waals surface area contributed by atoms with Crippen LogP contribution >= 0.6 is 24.0 Å². The standard InChI is InChI=1S/C21H32N6.HI/c1-21(2,27-12-7-4-8-13-27)16-25-20(22-3)24-15-18-9-5-6-10-19(18)26-14-11-23-17-26;/h5-6,9-11,14,17H,4,7-8,12-13,15-16H2,1-3H3,(H2,22,24,25);1H. The highest BCUT2D eigenvalue weighted by Gasteiger charge is 2.27. The number of hydrogen-bond donors (Lipinski definition) is 2. The van der Waals surface area contributed by atoms with Gasteiger partial charge in [-0.3, -0.25) is 9.89 Å². The maximum Gasteiger partial charge on any atom is 0.191 e. The van der Waals surface area contributed by atoms with E-state index in [1.165, 1.54) is 37.9 Å². The number of piperidine rings is 1. The van der Waals surface area contributed by atoms with E-state index < -0.39 is 0 Å². The van der Waals surface area contributed by atoms with Crippen molar-refractivity contribution in [3.63, 3.8) is 0 Å². The van der Waals surface area contributed by atoms with Crippen LogP contribution in [0.15, 0.2) is 48.0 Å². The highest BCUT2D eigenvalue weighted by molar-refractivity contribution is 14.0. The molecule has 1 saturated heterocycles. The summed E-state index contributed by atoms with van der Waals surface area (Å²) in [4.78, 5) is 11.1. The minimum atomic E-state index is 0. The Bertz CT molecular complexity index is 735. The number of para-hydroxylation sites is 1. The van der Waals surface area contributed by atoms with Crippen molar-refractivity contribution in [3.8, 4) is 5.69 Å². The molecule has 0 aliphatic carbocycles. The molecule has 1 aliphatic heterocycles. The third kappa shape index (κ3) is 5.94. The Hall–Kier alpha value is -1.61. The molecule has 1 aliphatic rings. The molecule has 2 heterocycles. The van der Waals surface area contributed by atoms with Gasteiger partial charge in [-0.2, -0.15) is 0 Å². The van der Waals surface area contributed by atoms with Gasteiger partial charge in [-0.25, -0.2) is 4.98 Å². The molecule has 0 spiro atoms. The zero-order valence-electron chi connectivity index (χ0n) is 17.2. The molecule has 6 nitrogen and oxygen atoms in total. The van der Waals surface area contributed by atoms with Crippen molar-refractivity contribution in [1.82, 2.24) is 25.1 Å². The average Bonchev–Trinajstić information content (AvgIpc) is 3.24. The van der Waals surface area contributed by atoms with Crippen molar-refractivity contribution in [2.45, 2.75) is 45.2 Å². The Morgan fingerprint density at radius 1 is 1.14 bits per heavy atom. The zero-order valence-corrected chi connectivity index (χ0v) is 19.5. The van der Waals surface area contributed by atoms with E-state index in [0.717, 1.165) is 18.2 Å². The molecule has 1 aromatic heterocycles. The van der Waals surface area contributed by atoms with Gasteiger partial charge >= 0.3 is 0 Å². The van der Waals surface area contributed by atoms with Crippen LogP contribution in [0.4, 0.5) is 0 Å². The first-order chi connectivity index (χ1) is 13.1. The fourth-order valence-corrected chi connectivity index (χ4v) is 3.62. The van der Waals surface area contributed by atoms with Gasteiger partial charge in [0, 0.05) is 38.1 Å². The fraction of sp³-hybridized carbons (Fsp3) is 0.524. The monoisotopic (exact) mass is 496 g/mol. The highest BCUT2D eigenvalue weighted by atomic mass is 127. The van der Waals surface area contributed by atoms with E-state index in [-0.39, 0.29) is 29.5 Å². The van der Waals surface area contributed by atoms with Gasteiger partial charge in [0.2, 0.25) is 0 Å². The molecule has 3 rings (SSSR count). The van der Waals surface area contributed by atoms with E-state index >= 15 is 0 Å². The van der Waals surface area contributed by atoms with E-state index in [1.807, 2.05) is 30.2 Å². The number of imidazole rings is 1. The number of likely N-dealkylation sites (tertiary alicyclic amines) is 1. The van der Waals surface area contributed by atoms with Crippen LogP contribution in [-0.4, -0.2) is 52.6 Å². The Morgan fingerprint density at radius 2 is 1.89 bits per heavy atom. The Kier molecular flexibility index (Phi) is 8.75. The average molecular weight is 496 g/mol. The van der Waals surface area contributed by atoms with Crippen LogP contribution in [0.3, 0.4) is 0 Å². The van der Waals surface area contributed by atoms with Crippen LogP contribution in [0.1, 0.15) is 38.7 Å². The molecule has 0 saturated carbocycles. The minimum Gasteiger partial charge on any atom is -0.355 e. The first-order valence-electron chi connectivity index (χ1n) is 9.86.